The average molecular weight is 429 g/mol. The molecule has 0 radical (unpaired) electrons. The summed E-state index contributed by atoms with van der Waals surface area (Å²) in [5.41, 5.74) is 2.52. The number of benzene rings is 1. The van der Waals surface area contributed by atoms with E-state index in [0.717, 1.165) is 49.8 Å². The fourth-order valence-electron chi connectivity index (χ4n) is 3.10. The lowest BCUT2D eigenvalue weighted by Gasteiger charge is -2.18. The van der Waals surface area contributed by atoms with Crippen LogP contribution in [0.4, 0.5) is 0 Å². The summed E-state index contributed by atoms with van der Waals surface area (Å²) >= 11 is 0. The van der Waals surface area contributed by atoms with Crippen LogP contribution in [0.5, 0.6) is 0 Å². The first-order valence-corrected chi connectivity index (χ1v) is 11.3. The number of likely N-dealkylation sites (N-methyl/N-ethyl adjacent to an activating group) is 1. The highest BCUT2D eigenvalue weighted by molar-refractivity contribution is 6.01. The van der Waals surface area contributed by atoms with Crippen LogP contribution in [0.2, 0.25) is 0 Å². The van der Waals surface area contributed by atoms with Crippen molar-refractivity contribution in [2.45, 2.75) is 52.9 Å². The monoisotopic (exact) mass is 428 g/mol. The van der Waals surface area contributed by atoms with Gasteiger partial charge < -0.3 is 15.5 Å². The van der Waals surface area contributed by atoms with Gasteiger partial charge in [-0.1, -0.05) is 70.9 Å². The number of carbonyl (C=O) groups excluding carboxylic acids is 2. The highest BCUT2D eigenvalue weighted by atomic mass is 16.2. The quantitative estimate of drug-likeness (QED) is 0.348. The minimum absolute atomic E-state index is 0.0497. The lowest BCUT2D eigenvalue weighted by Crippen LogP contribution is -2.35. The molecular weight excluding hydrogens is 388 g/mol. The van der Waals surface area contributed by atoms with E-state index in [1.807, 2.05) is 38.2 Å². The minimum atomic E-state index is 0.0497. The van der Waals surface area contributed by atoms with Crippen LogP contribution in [0.1, 0.15) is 64.0 Å². The minimum Gasteiger partial charge on any atom is -0.376 e. The molecule has 0 saturated heterocycles. The van der Waals surface area contributed by atoms with Gasteiger partial charge in [0.15, 0.2) is 5.78 Å². The summed E-state index contributed by atoms with van der Waals surface area (Å²) in [5, 5.41) is 6.28. The molecule has 0 aliphatic heterocycles. The van der Waals surface area contributed by atoms with Crippen molar-refractivity contribution in [3.05, 3.63) is 42.0 Å². The molecule has 0 fully saturated rings. The van der Waals surface area contributed by atoms with Crippen molar-refractivity contribution in [2.24, 2.45) is 10.9 Å². The Kier molecular flexibility index (Phi) is 12.3. The number of hydrogen-bond acceptors (Lipinski definition) is 4. The number of aliphatic imine (C=N–C) groups is 1. The van der Waals surface area contributed by atoms with E-state index >= 15 is 0 Å². The van der Waals surface area contributed by atoms with Gasteiger partial charge in [-0.05, 0) is 18.4 Å². The standard InChI is InChI=1S/C25H40N4O2/c1-7-9-11-19(3)23(30)17-28-25(26-5)22-14-12-21(13-15-22)20(4)27-18-24(31)29(6)16-10-8-2/h12-15,19,27H,4,7-11,16-18H2,1-3,5-6H3,(H,26,28). The SMILES string of the molecule is C=C(NCC(=O)N(C)CCCC)c1ccc(C(=NC)NCC(=O)C(C)CCCC)cc1. The van der Waals surface area contributed by atoms with Gasteiger partial charge in [-0.3, -0.25) is 14.6 Å². The van der Waals surface area contributed by atoms with Crippen LogP contribution >= 0.6 is 0 Å². The maximum Gasteiger partial charge on any atom is 0.241 e. The fraction of sp³-hybridized carbons (Fsp3) is 0.560. The van der Waals surface area contributed by atoms with Gasteiger partial charge in [0.05, 0.1) is 13.1 Å². The zero-order valence-electron chi connectivity index (χ0n) is 20.0. The Morgan fingerprint density at radius 2 is 1.65 bits per heavy atom. The van der Waals surface area contributed by atoms with Gasteiger partial charge in [-0.25, -0.2) is 0 Å². The third-order valence-electron chi connectivity index (χ3n) is 5.43. The van der Waals surface area contributed by atoms with Crippen LogP contribution in [-0.2, 0) is 9.59 Å². The molecule has 0 spiro atoms. The van der Waals surface area contributed by atoms with Crippen LogP contribution in [-0.4, -0.2) is 56.2 Å². The third-order valence-corrected chi connectivity index (χ3v) is 5.43. The van der Waals surface area contributed by atoms with Gasteiger partial charge in [-0.15, -0.1) is 0 Å². The molecule has 31 heavy (non-hydrogen) atoms. The lowest BCUT2D eigenvalue weighted by molar-refractivity contribution is -0.128. The number of nitrogens with one attached hydrogen (secondary N) is 2. The Morgan fingerprint density at radius 3 is 2.23 bits per heavy atom. The molecule has 0 heterocycles. The van der Waals surface area contributed by atoms with Gasteiger partial charge >= 0.3 is 0 Å². The number of hydrogen-bond donors (Lipinski definition) is 2. The Morgan fingerprint density at radius 1 is 1.03 bits per heavy atom. The third kappa shape index (κ3) is 9.37. The first kappa shape index (κ1) is 26.4. The molecule has 172 valence electrons. The number of amides is 1. The normalized spacial score (nSPS) is 12.2. The second kappa shape index (κ2) is 14.4. The molecule has 0 aliphatic rings. The molecule has 1 amide bonds. The summed E-state index contributed by atoms with van der Waals surface area (Å²) in [4.78, 5) is 30.5. The smallest absolute Gasteiger partial charge is 0.241 e. The van der Waals surface area contributed by atoms with Crippen molar-refractivity contribution in [3.63, 3.8) is 0 Å². The van der Waals surface area contributed by atoms with Crippen LogP contribution in [0.3, 0.4) is 0 Å². The molecule has 1 aromatic rings. The number of carbonyl (C=O) groups is 2. The van der Waals surface area contributed by atoms with Crippen molar-refractivity contribution >= 4 is 23.2 Å². The predicted molar refractivity (Wildman–Crippen MR) is 130 cm³/mol. The van der Waals surface area contributed by atoms with E-state index in [2.05, 4.69) is 36.1 Å². The summed E-state index contributed by atoms with van der Waals surface area (Å²) in [6.45, 7) is 11.5. The van der Waals surface area contributed by atoms with Crippen molar-refractivity contribution in [1.29, 1.82) is 0 Å². The fourth-order valence-corrected chi connectivity index (χ4v) is 3.10. The molecule has 6 heteroatoms. The Bertz CT molecular complexity index is 740. The van der Waals surface area contributed by atoms with Gasteiger partial charge in [0.1, 0.15) is 5.84 Å². The average Bonchev–Trinajstić information content (AvgIpc) is 2.79. The van der Waals surface area contributed by atoms with Crippen molar-refractivity contribution in [3.8, 4) is 0 Å². The summed E-state index contributed by atoms with van der Waals surface area (Å²) in [5.74, 6) is 1.01. The predicted octanol–water partition coefficient (Wildman–Crippen LogP) is 3.87. The second-order valence-corrected chi connectivity index (χ2v) is 8.01. The first-order chi connectivity index (χ1) is 14.8. The molecule has 0 saturated carbocycles. The summed E-state index contributed by atoms with van der Waals surface area (Å²) in [6.07, 6.45) is 5.16. The number of amidine groups is 1. The topological polar surface area (TPSA) is 73.8 Å². The van der Waals surface area contributed by atoms with Gasteiger partial charge in [-0.2, -0.15) is 0 Å². The van der Waals surface area contributed by atoms with Crippen molar-refractivity contribution in [1.82, 2.24) is 15.5 Å². The van der Waals surface area contributed by atoms with E-state index in [4.69, 9.17) is 0 Å². The van der Waals surface area contributed by atoms with Crippen molar-refractivity contribution < 1.29 is 9.59 Å². The molecule has 0 aliphatic carbocycles. The molecular formula is C25H40N4O2. The molecule has 1 aromatic carbocycles. The maximum atomic E-state index is 12.3. The van der Waals surface area contributed by atoms with E-state index in [-0.39, 0.29) is 30.7 Å². The molecule has 1 unspecified atom stereocenters. The highest BCUT2D eigenvalue weighted by Gasteiger charge is 2.14. The number of ketones is 1. The van der Waals surface area contributed by atoms with E-state index in [0.29, 0.717) is 11.5 Å². The van der Waals surface area contributed by atoms with Crippen LogP contribution in [0, 0.1) is 5.92 Å². The van der Waals surface area contributed by atoms with Gasteiger partial charge in [0, 0.05) is 37.8 Å². The van der Waals surface area contributed by atoms with Crippen LogP contribution in [0.25, 0.3) is 5.70 Å². The van der Waals surface area contributed by atoms with E-state index in [9.17, 15) is 9.59 Å². The highest BCUT2D eigenvalue weighted by Crippen LogP contribution is 2.12. The molecule has 0 bridgehead atoms. The number of rotatable bonds is 14. The van der Waals surface area contributed by atoms with Crippen LogP contribution in [0.15, 0.2) is 35.8 Å². The molecule has 2 N–H and O–H groups in total. The molecule has 1 rings (SSSR count). The molecule has 1 atom stereocenters. The summed E-state index contributed by atoms with van der Waals surface area (Å²) < 4.78 is 0. The van der Waals surface area contributed by atoms with Crippen LogP contribution < -0.4 is 10.6 Å². The zero-order valence-corrected chi connectivity index (χ0v) is 20.0. The van der Waals surface area contributed by atoms with Gasteiger partial charge in [0.25, 0.3) is 0 Å². The number of unbranched alkanes of at least 4 members (excludes halogenated alkanes) is 2. The first-order valence-electron chi connectivity index (χ1n) is 11.3. The zero-order chi connectivity index (χ0) is 23.2. The number of Topliss-reactive ketones (excluding diaryl/α,β-unsaturated/α-hetero) is 1. The second-order valence-electron chi connectivity index (χ2n) is 8.01. The van der Waals surface area contributed by atoms with E-state index in [1.165, 1.54) is 0 Å². The largest absolute Gasteiger partial charge is 0.376 e. The summed E-state index contributed by atoms with van der Waals surface area (Å²) in [7, 11) is 3.54. The Labute approximate surface area is 188 Å². The maximum absolute atomic E-state index is 12.3. The lowest BCUT2D eigenvalue weighted by atomic mass is 9.99. The van der Waals surface area contributed by atoms with Crippen molar-refractivity contribution in [2.75, 3.05) is 33.7 Å². The van der Waals surface area contributed by atoms with Gasteiger partial charge in [0.2, 0.25) is 5.91 Å². The molecule has 0 aromatic heterocycles. The summed E-state index contributed by atoms with van der Waals surface area (Å²) in [6, 6.07) is 7.76. The van der Waals surface area contributed by atoms with E-state index < -0.39 is 0 Å². The Balaban J connectivity index is 2.59. The van der Waals surface area contributed by atoms with E-state index in [1.54, 1.807) is 11.9 Å². The Hall–Kier alpha value is -2.63. The molecule has 6 nitrogen and oxygen atoms in total. The number of nitrogens with zero attached hydrogens (tertiary/aromatic N) is 2.